The van der Waals surface area contributed by atoms with Gasteiger partial charge in [-0.25, -0.2) is 0 Å². The first-order valence-corrected chi connectivity index (χ1v) is 11.9. The van der Waals surface area contributed by atoms with E-state index >= 15 is 0 Å². The molecule has 10 nitrogen and oxygen atoms in total. The number of nitrogens with zero attached hydrogens (tertiary/aromatic N) is 2. The molecule has 34 heavy (non-hydrogen) atoms. The van der Waals surface area contributed by atoms with Gasteiger partial charge in [-0.3, -0.25) is 19.2 Å². The number of benzene rings is 1. The Bertz CT molecular complexity index is 890. The van der Waals surface area contributed by atoms with Crippen LogP contribution in [0.4, 0.5) is 0 Å². The molecule has 1 aromatic carbocycles. The molecule has 0 aliphatic carbocycles. The summed E-state index contributed by atoms with van der Waals surface area (Å²) in [6, 6.07) is 5.15. The normalized spacial score (nSPS) is 22.0. The van der Waals surface area contributed by atoms with Crippen molar-refractivity contribution in [3.05, 3.63) is 29.8 Å². The van der Waals surface area contributed by atoms with E-state index in [1.54, 1.807) is 24.3 Å². The van der Waals surface area contributed by atoms with Crippen molar-refractivity contribution in [1.29, 1.82) is 0 Å². The van der Waals surface area contributed by atoms with E-state index in [0.29, 0.717) is 56.8 Å². The summed E-state index contributed by atoms with van der Waals surface area (Å²) in [6.45, 7) is 2.39. The maximum absolute atomic E-state index is 13.1. The average Bonchev–Trinajstić information content (AvgIpc) is 3.30. The highest BCUT2D eigenvalue weighted by molar-refractivity contribution is 6.01. The van der Waals surface area contributed by atoms with Crippen molar-refractivity contribution in [2.24, 2.45) is 0 Å². The molecule has 10 heteroatoms. The largest absolute Gasteiger partial charge is 0.493 e. The van der Waals surface area contributed by atoms with Gasteiger partial charge in [0.25, 0.3) is 5.91 Å². The van der Waals surface area contributed by atoms with Crippen LogP contribution in [0.2, 0.25) is 0 Å². The van der Waals surface area contributed by atoms with Crippen LogP contribution >= 0.6 is 0 Å². The van der Waals surface area contributed by atoms with Gasteiger partial charge < -0.3 is 30.5 Å². The van der Waals surface area contributed by atoms with Crippen LogP contribution in [0.1, 0.15) is 42.5 Å². The van der Waals surface area contributed by atoms with E-state index in [-0.39, 0.29) is 18.2 Å². The van der Waals surface area contributed by atoms with Gasteiger partial charge in [-0.1, -0.05) is 12.1 Å². The number of rotatable bonds is 5. The molecule has 2 aliphatic rings. The van der Waals surface area contributed by atoms with Gasteiger partial charge in [0, 0.05) is 19.6 Å². The Morgan fingerprint density at radius 2 is 2.00 bits per heavy atom. The molecule has 2 heterocycles. The molecule has 0 radical (unpaired) electrons. The van der Waals surface area contributed by atoms with Crippen molar-refractivity contribution in [2.45, 2.75) is 44.2 Å². The summed E-state index contributed by atoms with van der Waals surface area (Å²) in [5, 5.41) is 8.42. The maximum Gasteiger partial charge on any atom is 0.255 e. The number of hydrogen-bond donors (Lipinski definition) is 3. The Kier molecular flexibility index (Phi) is 9.26. The standard InChI is InChI=1S/C24H35N5O5/c1-28(2)13-6-11-25-23(32)18-16-21(30)29-14-5-9-19(29)24(33)26-12-7-15-34-20-10-4-3-8-17(20)22(31)27-18/h3-4,8,10,18-19H,5-7,9,11-16H2,1-2H3,(H,25,32)(H,26,33)(H,27,31)/t18-,19-/m0/s1. The third kappa shape index (κ3) is 6.93. The van der Waals surface area contributed by atoms with E-state index in [0.717, 1.165) is 13.0 Å². The van der Waals surface area contributed by atoms with Crippen molar-refractivity contribution < 1.29 is 23.9 Å². The highest BCUT2D eigenvalue weighted by atomic mass is 16.5. The minimum absolute atomic E-state index is 0.199. The fourth-order valence-corrected chi connectivity index (χ4v) is 4.17. The van der Waals surface area contributed by atoms with Gasteiger partial charge in [0.2, 0.25) is 17.7 Å². The maximum atomic E-state index is 13.1. The number of carbonyl (C=O) groups excluding carboxylic acids is 4. The zero-order valence-electron chi connectivity index (χ0n) is 20.0. The molecule has 186 valence electrons. The van der Waals surface area contributed by atoms with Gasteiger partial charge >= 0.3 is 0 Å². The van der Waals surface area contributed by atoms with Crippen LogP contribution in [0.15, 0.2) is 24.3 Å². The fourth-order valence-electron chi connectivity index (χ4n) is 4.17. The highest BCUT2D eigenvalue weighted by Gasteiger charge is 2.36. The first-order valence-electron chi connectivity index (χ1n) is 11.9. The SMILES string of the molecule is CN(C)CCCNC(=O)[C@@H]1CC(=O)N2CCC[C@H]2C(=O)NCCCOc2ccccc2C(=O)N1. The van der Waals surface area contributed by atoms with E-state index in [2.05, 4.69) is 16.0 Å². The summed E-state index contributed by atoms with van der Waals surface area (Å²) in [6.07, 6.45) is 2.36. The zero-order chi connectivity index (χ0) is 24.5. The molecule has 0 spiro atoms. The summed E-state index contributed by atoms with van der Waals surface area (Å²) >= 11 is 0. The minimum atomic E-state index is -1.07. The molecule has 2 atom stereocenters. The van der Waals surface area contributed by atoms with E-state index < -0.39 is 23.9 Å². The molecule has 3 N–H and O–H groups in total. The van der Waals surface area contributed by atoms with Crippen LogP contribution < -0.4 is 20.7 Å². The number of fused-ring (bicyclic) bond motifs is 2. The van der Waals surface area contributed by atoms with Gasteiger partial charge in [0.05, 0.1) is 18.6 Å². The third-order valence-electron chi connectivity index (χ3n) is 5.97. The van der Waals surface area contributed by atoms with Crippen molar-refractivity contribution >= 4 is 23.6 Å². The molecule has 0 aromatic heterocycles. The lowest BCUT2D eigenvalue weighted by atomic mass is 10.1. The fraction of sp³-hybridized carbons (Fsp3) is 0.583. The first kappa shape index (κ1) is 25.5. The topological polar surface area (TPSA) is 120 Å². The van der Waals surface area contributed by atoms with E-state index in [4.69, 9.17) is 4.74 Å². The summed E-state index contributed by atoms with van der Waals surface area (Å²) in [7, 11) is 3.89. The molecule has 0 unspecified atom stereocenters. The van der Waals surface area contributed by atoms with Crippen LogP contribution in [0.25, 0.3) is 0 Å². The lowest BCUT2D eigenvalue weighted by Crippen LogP contribution is -2.52. The predicted octanol–water partition coefficient (Wildman–Crippen LogP) is 0.133. The Balaban J connectivity index is 1.81. The molecular formula is C24H35N5O5. The molecule has 3 rings (SSSR count). The number of ether oxygens (including phenoxy) is 1. The summed E-state index contributed by atoms with van der Waals surface area (Å²) in [5.41, 5.74) is 0.290. The van der Waals surface area contributed by atoms with Gasteiger partial charge in [-0.05, 0) is 58.5 Å². The average molecular weight is 474 g/mol. The Labute approximate surface area is 200 Å². The number of hydrogen-bond acceptors (Lipinski definition) is 6. The first-order chi connectivity index (χ1) is 16.4. The Morgan fingerprint density at radius 3 is 2.79 bits per heavy atom. The van der Waals surface area contributed by atoms with Crippen LogP contribution in [0.5, 0.6) is 5.75 Å². The van der Waals surface area contributed by atoms with Crippen molar-refractivity contribution in [2.75, 3.05) is 46.9 Å². The number of amides is 4. The summed E-state index contributed by atoms with van der Waals surface area (Å²) in [4.78, 5) is 55.4. The molecule has 2 aliphatic heterocycles. The van der Waals surface area contributed by atoms with Crippen LogP contribution in [-0.2, 0) is 14.4 Å². The number of nitrogens with one attached hydrogen (secondary N) is 3. The molecule has 1 saturated heterocycles. The number of carbonyl (C=O) groups is 4. The number of para-hydroxylation sites is 1. The lowest BCUT2D eigenvalue weighted by molar-refractivity contribution is -0.140. The van der Waals surface area contributed by atoms with Crippen molar-refractivity contribution in [1.82, 2.24) is 25.8 Å². The van der Waals surface area contributed by atoms with E-state index in [9.17, 15) is 19.2 Å². The molecule has 0 bridgehead atoms. The molecule has 4 amide bonds. The van der Waals surface area contributed by atoms with Gasteiger partial charge in [-0.15, -0.1) is 0 Å². The van der Waals surface area contributed by atoms with Crippen molar-refractivity contribution in [3.63, 3.8) is 0 Å². The quantitative estimate of drug-likeness (QED) is 0.523. The predicted molar refractivity (Wildman–Crippen MR) is 126 cm³/mol. The van der Waals surface area contributed by atoms with Crippen LogP contribution in [0, 0.1) is 0 Å². The Hall–Kier alpha value is -3.14. The summed E-state index contributed by atoms with van der Waals surface area (Å²) < 4.78 is 5.78. The summed E-state index contributed by atoms with van der Waals surface area (Å²) in [5.74, 6) is -1.05. The van der Waals surface area contributed by atoms with E-state index in [1.807, 2.05) is 19.0 Å². The van der Waals surface area contributed by atoms with Gasteiger partial charge in [0.1, 0.15) is 17.8 Å². The molecule has 1 aromatic rings. The second kappa shape index (κ2) is 12.4. The van der Waals surface area contributed by atoms with Crippen LogP contribution in [-0.4, -0.2) is 92.4 Å². The van der Waals surface area contributed by atoms with Gasteiger partial charge in [-0.2, -0.15) is 0 Å². The minimum Gasteiger partial charge on any atom is -0.493 e. The monoisotopic (exact) mass is 473 g/mol. The Morgan fingerprint density at radius 1 is 1.21 bits per heavy atom. The molecule has 1 fully saturated rings. The zero-order valence-corrected chi connectivity index (χ0v) is 20.0. The third-order valence-corrected chi connectivity index (χ3v) is 5.97. The van der Waals surface area contributed by atoms with E-state index in [1.165, 1.54) is 4.90 Å². The molecular weight excluding hydrogens is 438 g/mol. The lowest BCUT2D eigenvalue weighted by Gasteiger charge is -2.26. The van der Waals surface area contributed by atoms with Gasteiger partial charge in [0.15, 0.2) is 0 Å². The highest BCUT2D eigenvalue weighted by Crippen LogP contribution is 2.21. The second-order valence-electron chi connectivity index (χ2n) is 8.91. The molecule has 0 saturated carbocycles. The van der Waals surface area contributed by atoms with Crippen LogP contribution in [0.3, 0.4) is 0 Å². The smallest absolute Gasteiger partial charge is 0.255 e. The van der Waals surface area contributed by atoms with Crippen molar-refractivity contribution in [3.8, 4) is 5.75 Å². The second-order valence-corrected chi connectivity index (χ2v) is 8.91.